The first-order chi connectivity index (χ1) is 5.27. The normalized spacial score (nSPS) is 8.50. The minimum absolute atomic E-state index is 0. The number of ether oxygens (including phenoxy) is 2. The van der Waals surface area contributed by atoms with E-state index in [1.165, 1.54) is 0 Å². The van der Waals surface area contributed by atoms with Crippen LogP contribution in [-0.4, -0.2) is 14.2 Å². The van der Waals surface area contributed by atoms with Gasteiger partial charge in [-0.3, -0.25) is 0 Å². The molecule has 0 heterocycles. The van der Waals surface area contributed by atoms with Gasteiger partial charge in [-0.2, -0.15) is 0 Å². The maximum Gasteiger partial charge on any atom is 0.142 e. The second-order valence-corrected chi connectivity index (χ2v) is 2.11. The summed E-state index contributed by atoms with van der Waals surface area (Å²) in [5.74, 6) is 1.41. The third-order valence-electron chi connectivity index (χ3n) is 1.44. The summed E-state index contributed by atoms with van der Waals surface area (Å²) in [7, 11) is 3.18. The second kappa shape index (κ2) is 5.09. The van der Waals surface area contributed by atoms with E-state index >= 15 is 0 Å². The fraction of sp³-hybridized carbons (Fsp3) is 0.250. The summed E-state index contributed by atoms with van der Waals surface area (Å²) in [4.78, 5) is 0. The predicted molar refractivity (Wildman–Crippen MR) is 44.0 cm³/mol. The van der Waals surface area contributed by atoms with Crippen LogP contribution in [0.2, 0.25) is 0 Å². The molecule has 0 fully saturated rings. The number of nitrogens with two attached hydrogens (primary N) is 1. The summed E-state index contributed by atoms with van der Waals surface area (Å²) in [5.41, 5.74) is 6.19. The van der Waals surface area contributed by atoms with E-state index in [0.717, 1.165) is 5.75 Å². The van der Waals surface area contributed by atoms with Crippen molar-refractivity contribution in [3.05, 3.63) is 18.2 Å². The van der Waals surface area contributed by atoms with Gasteiger partial charge < -0.3 is 15.2 Å². The molecule has 0 aliphatic carbocycles. The summed E-state index contributed by atoms with van der Waals surface area (Å²) < 4.78 is 9.92. The van der Waals surface area contributed by atoms with Gasteiger partial charge in [-0.1, -0.05) is 0 Å². The first-order valence-electron chi connectivity index (χ1n) is 3.25. The number of methoxy groups -OCH3 is 2. The monoisotopic (exact) mass is 334 g/mol. The van der Waals surface area contributed by atoms with Gasteiger partial charge in [0.1, 0.15) is 11.5 Å². The zero-order valence-electron chi connectivity index (χ0n) is 7.07. The van der Waals surface area contributed by atoms with Gasteiger partial charge in [-0.05, 0) is 12.1 Å². The zero-order chi connectivity index (χ0) is 8.27. The maximum atomic E-state index is 5.60. The fourth-order valence-corrected chi connectivity index (χ4v) is 0.839. The quantitative estimate of drug-likeness (QED) is 0.829. The average molecular weight is 334 g/mol. The topological polar surface area (TPSA) is 44.5 Å². The van der Waals surface area contributed by atoms with Crippen molar-refractivity contribution in [2.24, 2.45) is 0 Å². The molecule has 12 heavy (non-hydrogen) atoms. The number of benzene rings is 1. The molecule has 1 aromatic rings. The molecule has 0 saturated heterocycles. The van der Waals surface area contributed by atoms with Crippen LogP contribution in [0.15, 0.2) is 18.2 Å². The van der Waals surface area contributed by atoms with E-state index < -0.39 is 0 Å². The van der Waals surface area contributed by atoms with Gasteiger partial charge in [-0.15, -0.1) is 0 Å². The second-order valence-electron chi connectivity index (χ2n) is 2.11. The van der Waals surface area contributed by atoms with E-state index in [1.54, 1.807) is 32.4 Å². The molecule has 65 valence electrons. The third kappa shape index (κ3) is 2.44. The van der Waals surface area contributed by atoms with E-state index in [4.69, 9.17) is 15.2 Å². The Labute approximate surface area is 87.4 Å². The van der Waals surface area contributed by atoms with Crippen LogP contribution in [0.25, 0.3) is 0 Å². The van der Waals surface area contributed by atoms with Crippen molar-refractivity contribution in [1.29, 1.82) is 0 Å². The molecule has 0 atom stereocenters. The summed E-state index contributed by atoms with van der Waals surface area (Å²) >= 11 is 0. The summed E-state index contributed by atoms with van der Waals surface area (Å²) in [6, 6.07) is 5.29. The molecule has 1 rings (SSSR count). The SMILES string of the molecule is COc1ccc(OC)c(N)c1.[Ta]. The first-order valence-corrected chi connectivity index (χ1v) is 3.25. The molecule has 0 aliphatic heterocycles. The van der Waals surface area contributed by atoms with E-state index in [9.17, 15) is 0 Å². The molecule has 0 bridgehead atoms. The van der Waals surface area contributed by atoms with Crippen LogP contribution in [0, 0.1) is 0 Å². The van der Waals surface area contributed by atoms with Crippen molar-refractivity contribution in [3.8, 4) is 11.5 Å². The Morgan fingerprint density at radius 2 is 1.83 bits per heavy atom. The van der Waals surface area contributed by atoms with E-state index in [2.05, 4.69) is 0 Å². The Hall–Kier alpha value is -0.640. The first kappa shape index (κ1) is 11.4. The van der Waals surface area contributed by atoms with Crippen LogP contribution in [-0.2, 0) is 22.4 Å². The van der Waals surface area contributed by atoms with Crippen LogP contribution < -0.4 is 15.2 Å². The van der Waals surface area contributed by atoms with Crippen LogP contribution in [0.5, 0.6) is 11.5 Å². The molecule has 4 heteroatoms. The molecule has 0 saturated carbocycles. The molecule has 0 amide bonds. The van der Waals surface area contributed by atoms with Gasteiger partial charge in [0.25, 0.3) is 0 Å². The Balaban J connectivity index is 0.00000121. The van der Waals surface area contributed by atoms with Crippen LogP contribution in [0.4, 0.5) is 5.69 Å². The summed E-state index contributed by atoms with van der Waals surface area (Å²) in [6.45, 7) is 0. The van der Waals surface area contributed by atoms with Gasteiger partial charge in [0.05, 0.1) is 19.9 Å². The molecule has 2 N–H and O–H groups in total. The summed E-state index contributed by atoms with van der Waals surface area (Å²) in [5, 5.41) is 0. The molecule has 3 nitrogen and oxygen atoms in total. The predicted octanol–water partition coefficient (Wildman–Crippen LogP) is 1.28. The molecule has 0 aliphatic rings. The fourth-order valence-electron chi connectivity index (χ4n) is 0.839. The molecule has 0 aromatic heterocycles. The van der Waals surface area contributed by atoms with Gasteiger partial charge in [0.15, 0.2) is 0 Å². The Morgan fingerprint density at radius 1 is 1.17 bits per heavy atom. The van der Waals surface area contributed by atoms with Gasteiger partial charge in [0.2, 0.25) is 0 Å². The molecule has 0 spiro atoms. The van der Waals surface area contributed by atoms with Gasteiger partial charge in [-0.25, -0.2) is 0 Å². The Morgan fingerprint density at radius 3 is 2.25 bits per heavy atom. The number of hydrogen-bond acceptors (Lipinski definition) is 3. The largest absolute Gasteiger partial charge is 0.497 e. The number of rotatable bonds is 2. The van der Waals surface area contributed by atoms with Crippen molar-refractivity contribution < 1.29 is 31.9 Å². The van der Waals surface area contributed by atoms with Gasteiger partial charge in [0, 0.05) is 28.4 Å². The van der Waals surface area contributed by atoms with Crippen LogP contribution >= 0.6 is 0 Å². The smallest absolute Gasteiger partial charge is 0.142 e. The number of hydrogen-bond donors (Lipinski definition) is 1. The molecular weight excluding hydrogens is 323 g/mol. The van der Waals surface area contributed by atoms with E-state index in [0.29, 0.717) is 11.4 Å². The minimum Gasteiger partial charge on any atom is -0.497 e. The Bertz CT molecular complexity index is 253. The van der Waals surface area contributed by atoms with Crippen molar-refractivity contribution >= 4 is 5.69 Å². The van der Waals surface area contributed by atoms with E-state index in [-0.39, 0.29) is 22.4 Å². The van der Waals surface area contributed by atoms with E-state index in [1.807, 2.05) is 0 Å². The Kier molecular flexibility index (Phi) is 4.81. The van der Waals surface area contributed by atoms with Crippen molar-refractivity contribution in [2.75, 3.05) is 20.0 Å². The number of nitrogen functional groups attached to an aromatic ring is 1. The zero-order valence-corrected chi connectivity index (χ0v) is 10.3. The van der Waals surface area contributed by atoms with Crippen molar-refractivity contribution in [1.82, 2.24) is 0 Å². The maximum absolute atomic E-state index is 5.60. The minimum atomic E-state index is 0. The molecule has 0 unspecified atom stereocenters. The van der Waals surface area contributed by atoms with Crippen molar-refractivity contribution in [2.45, 2.75) is 0 Å². The standard InChI is InChI=1S/C8H11NO2.Ta/c1-10-6-3-4-8(11-2)7(9)5-6;/h3-5H,9H2,1-2H3;. The molecule has 1 radical (unpaired) electrons. The molecule has 1 aromatic carbocycles. The summed E-state index contributed by atoms with van der Waals surface area (Å²) in [6.07, 6.45) is 0. The third-order valence-corrected chi connectivity index (χ3v) is 1.44. The average Bonchev–Trinajstić information content (AvgIpc) is 2.04. The van der Waals surface area contributed by atoms with Crippen molar-refractivity contribution in [3.63, 3.8) is 0 Å². The number of anilines is 1. The molecular formula is C8H11NO2Ta. The van der Waals surface area contributed by atoms with Gasteiger partial charge >= 0.3 is 0 Å². The van der Waals surface area contributed by atoms with Crippen LogP contribution in [0.3, 0.4) is 0 Å². The van der Waals surface area contributed by atoms with Crippen LogP contribution in [0.1, 0.15) is 0 Å².